The summed E-state index contributed by atoms with van der Waals surface area (Å²) in [5.41, 5.74) is -0.683. The molecule has 3 aliphatic rings. The lowest BCUT2D eigenvalue weighted by Crippen LogP contribution is -2.67. The molecule has 1 aliphatic heterocycles. The number of amides is 2. The maximum Gasteiger partial charge on any atom is 0.248 e. The van der Waals surface area contributed by atoms with E-state index in [9.17, 15) is 9.59 Å². The van der Waals surface area contributed by atoms with Gasteiger partial charge >= 0.3 is 0 Å². The summed E-state index contributed by atoms with van der Waals surface area (Å²) in [5.74, 6) is 1.46. The maximum atomic E-state index is 12.6. The molecule has 4 heteroatoms. The zero-order valence-electron chi connectivity index (χ0n) is 11.2. The third-order valence-electron chi connectivity index (χ3n) is 4.74. The zero-order valence-corrected chi connectivity index (χ0v) is 11.2. The van der Waals surface area contributed by atoms with Crippen LogP contribution in [0.2, 0.25) is 0 Å². The molecule has 100 valence electrons. The fraction of sp³-hybridized carbons (Fsp3) is 0.857. The van der Waals surface area contributed by atoms with E-state index < -0.39 is 5.54 Å². The fourth-order valence-electron chi connectivity index (χ4n) is 3.19. The highest BCUT2D eigenvalue weighted by Crippen LogP contribution is 2.48. The molecule has 1 saturated heterocycles. The normalized spacial score (nSPS) is 32.9. The Labute approximate surface area is 108 Å². The van der Waals surface area contributed by atoms with Crippen LogP contribution in [0.3, 0.4) is 0 Å². The number of rotatable bonds is 4. The smallest absolute Gasteiger partial charge is 0.248 e. The molecular weight excluding hydrogens is 228 g/mol. The lowest BCUT2D eigenvalue weighted by molar-refractivity contribution is -0.152. The van der Waals surface area contributed by atoms with Gasteiger partial charge in [0, 0.05) is 6.04 Å². The molecule has 0 aromatic rings. The summed E-state index contributed by atoms with van der Waals surface area (Å²) in [4.78, 5) is 26.4. The van der Waals surface area contributed by atoms with Gasteiger partial charge < -0.3 is 10.2 Å². The SMILES string of the molecule is CCC1(C)NC(=O)CN(C(C2CC2)C2CC2)C1=O. The molecule has 3 rings (SSSR count). The minimum absolute atomic E-state index is 0.00486. The molecule has 0 radical (unpaired) electrons. The van der Waals surface area contributed by atoms with Crippen LogP contribution in [0.15, 0.2) is 0 Å². The second-order valence-corrected chi connectivity index (χ2v) is 6.33. The number of piperazine rings is 1. The van der Waals surface area contributed by atoms with Crippen molar-refractivity contribution in [3.05, 3.63) is 0 Å². The van der Waals surface area contributed by atoms with Crippen LogP contribution in [0.1, 0.15) is 46.0 Å². The predicted molar refractivity (Wildman–Crippen MR) is 67.8 cm³/mol. The number of carbonyl (C=O) groups is 2. The quantitative estimate of drug-likeness (QED) is 0.817. The van der Waals surface area contributed by atoms with Crippen LogP contribution in [-0.2, 0) is 9.59 Å². The van der Waals surface area contributed by atoms with Crippen LogP contribution in [0.5, 0.6) is 0 Å². The number of hydrogen-bond acceptors (Lipinski definition) is 2. The summed E-state index contributed by atoms with van der Waals surface area (Å²) in [6.07, 6.45) is 5.59. The van der Waals surface area contributed by atoms with Crippen molar-refractivity contribution in [1.82, 2.24) is 10.2 Å². The summed E-state index contributed by atoms with van der Waals surface area (Å²) in [7, 11) is 0. The average molecular weight is 250 g/mol. The molecule has 0 aromatic heterocycles. The van der Waals surface area contributed by atoms with Gasteiger partial charge in [0.15, 0.2) is 0 Å². The highest BCUT2D eigenvalue weighted by Gasteiger charge is 2.51. The topological polar surface area (TPSA) is 49.4 Å². The number of nitrogens with one attached hydrogen (secondary N) is 1. The number of nitrogens with zero attached hydrogens (tertiary/aromatic N) is 1. The van der Waals surface area contributed by atoms with Crippen molar-refractivity contribution in [3.63, 3.8) is 0 Å². The van der Waals surface area contributed by atoms with E-state index in [4.69, 9.17) is 0 Å². The Morgan fingerprint density at radius 1 is 1.28 bits per heavy atom. The molecule has 1 unspecified atom stereocenters. The Kier molecular flexibility index (Phi) is 2.65. The Bertz CT molecular complexity index is 375. The van der Waals surface area contributed by atoms with Gasteiger partial charge in [0.2, 0.25) is 11.8 Å². The first kappa shape index (κ1) is 12.0. The Hall–Kier alpha value is -1.06. The number of hydrogen-bond donors (Lipinski definition) is 1. The zero-order chi connectivity index (χ0) is 12.9. The molecule has 1 N–H and O–H groups in total. The first-order valence-electron chi connectivity index (χ1n) is 7.17. The van der Waals surface area contributed by atoms with Crippen LogP contribution < -0.4 is 5.32 Å². The molecular formula is C14H22N2O2. The van der Waals surface area contributed by atoms with Crippen molar-refractivity contribution < 1.29 is 9.59 Å². The lowest BCUT2D eigenvalue weighted by atomic mass is 9.91. The second kappa shape index (κ2) is 3.97. The standard InChI is InChI=1S/C14H22N2O2/c1-3-14(2)13(18)16(8-11(17)15-14)12(9-4-5-9)10-6-7-10/h9-10,12H,3-8H2,1-2H3,(H,15,17). The molecule has 4 nitrogen and oxygen atoms in total. The van der Waals surface area contributed by atoms with Gasteiger partial charge in [-0.3, -0.25) is 9.59 Å². The maximum absolute atomic E-state index is 12.6. The van der Waals surface area contributed by atoms with Crippen molar-refractivity contribution in [1.29, 1.82) is 0 Å². The van der Waals surface area contributed by atoms with E-state index in [1.165, 1.54) is 25.7 Å². The molecule has 2 aliphatic carbocycles. The van der Waals surface area contributed by atoms with Crippen molar-refractivity contribution in [2.75, 3.05) is 6.54 Å². The summed E-state index contributed by atoms with van der Waals surface area (Å²) in [6.45, 7) is 4.09. The van der Waals surface area contributed by atoms with Crippen molar-refractivity contribution >= 4 is 11.8 Å². The summed E-state index contributed by atoms with van der Waals surface area (Å²) in [6, 6.07) is 0.342. The van der Waals surface area contributed by atoms with Gasteiger partial charge in [-0.25, -0.2) is 0 Å². The molecule has 2 saturated carbocycles. The van der Waals surface area contributed by atoms with E-state index in [1.54, 1.807) is 0 Å². The van der Waals surface area contributed by atoms with E-state index >= 15 is 0 Å². The van der Waals surface area contributed by atoms with Gasteiger partial charge in [0.1, 0.15) is 5.54 Å². The van der Waals surface area contributed by atoms with Gasteiger partial charge in [-0.15, -0.1) is 0 Å². The van der Waals surface area contributed by atoms with Crippen LogP contribution in [0.4, 0.5) is 0 Å². The molecule has 3 fully saturated rings. The Morgan fingerprint density at radius 2 is 1.83 bits per heavy atom. The van der Waals surface area contributed by atoms with Gasteiger partial charge in [0.05, 0.1) is 6.54 Å². The summed E-state index contributed by atoms with van der Waals surface area (Å²) >= 11 is 0. The van der Waals surface area contributed by atoms with Gasteiger partial charge in [-0.1, -0.05) is 6.92 Å². The molecule has 1 atom stereocenters. The van der Waals surface area contributed by atoms with E-state index in [0.717, 1.165) is 0 Å². The third kappa shape index (κ3) is 1.91. The largest absolute Gasteiger partial charge is 0.340 e. The van der Waals surface area contributed by atoms with Crippen molar-refractivity contribution in [3.8, 4) is 0 Å². The number of carbonyl (C=O) groups excluding carboxylic acids is 2. The van der Waals surface area contributed by atoms with Crippen LogP contribution in [0, 0.1) is 11.8 Å². The highest BCUT2D eigenvalue weighted by atomic mass is 16.2. The van der Waals surface area contributed by atoms with E-state index in [0.29, 0.717) is 24.3 Å². The average Bonchev–Trinajstić information content (AvgIpc) is 3.18. The summed E-state index contributed by atoms with van der Waals surface area (Å²) < 4.78 is 0. The van der Waals surface area contributed by atoms with Crippen molar-refractivity contribution in [2.24, 2.45) is 11.8 Å². The first-order chi connectivity index (χ1) is 8.55. The van der Waals surface area contributed by atoms with E-state index in [-0.39, 0.29) is 18.4 Å². The highest BCUT2D eigenvalue weighted by molar-refractivity contribution is 5.97. The molecule has 0 spiro atoms. The lowest BCUT2D eigenvalue weighted by Gasteiger charge is -2.43. The minimum Gasteiger partial charge on any atom is -0.340 e. The Balaban J connectivity index is 1.84. The van der Waals surface area contributed by atoms with E-state index in [2.05, 4.69) is 5.32 Å². The molecule has 2 amide bonds. The van der Waals surface area contributed by atoms with E-state index in [1.807, 2.05) is 18.7 Å². The second-order valence-electron chi connectivity index (χ2n) is 6.33. The van der Waals surface area contributed by atoms with Crippen molar-refractivity contribution in [2.45, 2.75) is 57.5 Å². The Morgan fingerprint density at radius 3 is 2.28 bits per heavy atom. The van der Waals surface area contributed by atoms with Crippen LogP contribution in [-0.4, -0.2) is 34.8 Å². The molecule has 0 aromatic carbocycles. The van der Waals surface area contributed by atoms with Crippen LogP contribution >= 0.6 is 0 Å². The molecule has 18 heavy (non-hydrogen) atoms. The fourth-order valence-corrected chi connectivity index (χ4v) is 3.19. The first-order valence-corrected chi connectivity index (χ1v) is 7.17. The molecule has 1 heterocycles. The monoisotopic (exact) mass is 250 g/mol. The van der Waals surface area contributed by atoms with Gasteiger partial charge in [-0.2, -0.15) is 0 Å². The van der Waals surface area contributed by atoms with Crippen LogP contribution in [0.25, 0.3) is 0 Å². The molecule has 0 bridgehead atoms. The third-order valence-corrected chi connectivity index (χ3v) is 4.74. The predicted octanol–water partition coefficient (Wildman–Crippen LogP) is 1.30. The minimum atomic E-state index is -0.683. The van der Waals surface area contributed by atoms with Gasteiger partial charge in [-0.05, 0) is 50.9 Å². The summed E-state index contributed by atoms with van der Waals surface area (Å²) in [5, 5.41) is 2.87. The van der Waals surface area contributed by atoms with Gasteiger partial charge in [0.25, 0.3) is 0 Å².